The zero-order valence-electron chi connectivity index (χ0n) is 17.0. The second-order valence-electron chi connectivity index (χ2n) is 7.19. The van der Waals surface area contributed by atoms with Gasteiger partial charge in [-0.25, -0.2) is 4.79 Å². The Morgan fingerprint density at radius 3 is 2.50 bits per heavy atom. The summed E-state index contributed by atoms with van der Waals surface area (Å²) in [5.41, 5.74) is 5.43. The molecule has 0 aromatic carbocycles. The van der Waals surface area contributed by atoms with Crippen molar-refractivity contribution in [3.8, 4) is 0 Å². The number of nitrogens with zero attached hydrogens (tertiary/aromatic N) is 1. The van der Waals surface area contributed by atoms with Gasteiger partial charge in [0, 0.05) is 6.20 Å². The smallest absolute Gasteiger partial charge is 0.325 e. The fraction of sp³-hybridized carbons (Fsp3) is 0.800. The van der Waals surface area contributed by atoms with Gasteiger partial charge in [-0.2, -0.15) is 0 Å². The van der Waals surface area contributed by atoms with Crippen molar-refractivity contribution in [2.45, 2.75) is 56.4 Å². The maximum absolute atomic E-state index is 12.5. The van der Waals surface area contributed by atoms with E-state index in [9.17, 15) is 28.8 Å². The number of phosphoric ester groups is 2. The van der Waals surface area contributed by atoms with Crippen LogP contribution in [0.3, 0.4) is 0 Å². The van der Waals surface area contributed by atoms with Crippen molar-refractivity contribution in [2.75, 3.05) is 19.7 Å². The molecule has 1 saturated heterocycles. The lowest BCUT2D eigenvalue weighted by molar-refractivity contribution is -0.229. The first-order valence-electron chi connectivity index (χ1n) is 9.86. The second-order valence-corrected chi connectivity index (χ2v) is 9.53. The quantitative estimate of drug-likeness (QED) is 0.112. The molecule has 2 rings (SSSR count). The highest BCUT2D eigenvalue weighted by Gasteiger charge is 2.50. The minimum Gasteiger partial charge on any atom is -0.756 e. The zero-order valence-corrected chi connectivity index (χ0v) is 18.8. The number of hydrogen-bond acceptors (Lipinski definition) is 11. The van der Waals surface area contributed by atoms with Gasteiger partial charge >= 0.3 is 6.03 Å². The average Bonchev–Trinajstić information content (AvgIpc) is 2.97. The number of aliphatic hydroxyl groups is 1. The highest BCUT2D eigenvalue weighted by molar-refractivity contribution is 7.45. The first kappa shape index (κ1) is 27.3. The van der Waals surface area contributed by atoms with Gasteiger partial charge in [0.2, 0.25) is 0 Å². The maximum Gasteiger partial charge on any atom is 0.325 e. The van der Waals surface area contributed by atoms with Gasteiger partial charge in [-0.1, -0.05) is 12.8 Å². The second kappa shape index (κ2) is 12.0. The summed E-state index contributed by atoms with van der Waals surface area (Å²) >= 11 is 0. The van der Waals surface area contributed by atoms with E-state index in [0.717, 1.165) is 30.6 Å². The number of rotatable bonds is 13. The van der Waals surface area contributed by atoms with Crippen LogP contribution in [0.4, 0.5) is 4.79 Å². The molecule has 0 radical (unpaired) electrons. The SMILES string of the molecule is NCCCCCCNC1C=CN(C2OC(COP(=O)([O-])O)C(OP(=O)([O-])O)C2O)C(=O)N1. The van der Waals surface area contributed by atoms with Gasteiger partial charge in [0.15, 0.2) is 6.23 Å². The Morgan fingerprint density at radius 2 is 1.91 bits per heavy atom. The highest BCUT2D eigenvalue weighted by atomic mass is 31.2. The molecule has 0 aromatic heterocycles. The Labute approximate surface area is 184 Å². The van der Waals surface area contributed by atoms with E-state index in [4.69, 9.17) is 20.3 Å². The van der Waals surface area contributed by atoms with Crippen molar-refractivity contribution < 1.29 is 52.4 Å². The van der Waals surface area contributed by atoms with E-state index in [-0.39, 0.29) is 0 Å². The number of amides is 2. The number of unbranched alkanes of at least 4 members (excludes halogenated alkanes) is 3. The van der Waals surface area contributed by atoms with Gasteiger partial charge in [0.1, 0.15) is 24.5 Å². The Hall–Kier alpha value is -0.930. The van der Waals surface area contributed by atoms with Gasteiger partial charge in [-0.05, 0) is 32.0 Å². The van der Waals surface area contributed by atoms with Crippen LogP contribution in [0, 0.1) is 0 Å². The Morgan fingerprint density at radius 1 is 1.22 bits per heavy atom. The van der Waals surface area contributed by atoms with E-state index in [1.165, 1.54) is 6.20 Å². The van der Waals surface area contributed by atoms with E-state index in [0.29, 0.717) is 13.1 Å². The predicted octanol–water partition coefficient (Wildman–Crippen LogP) is -2.63. The number of phosphoric acid groups is 2. The standard InChI is InChI=1S/C15H30N4O11P2/c16-6-3-1-2-4-7-17-11-5-8-19(15(21)18-11)14-12(20)13(30-32(25,26)27)10(29-14)9-28-31(22,23)24/h5,8,10-14,17,20H,1-4,6-7,9,16H2,(H,18,21)(H2,22,23,24)(H2,25,26,27)/p-2. The molecule has 17 heteroatoms. The van der Waals surface area contributed by atoms with Crippen molar-refractivity contribution in [3.05, 3.63) is 12.3 Å². The summed E-state index contributed by atoms with van der Waals surface area (Å²) in [6, 6.07) is -0.705. The number of nitrogens with two attached hydrogens (primary N) is 1. The molecule has 7 unspecified atom stereocenters. The monoisotopic (exact) mass is 502 g/mol. The third-order valence-electron chi connectivity index (χ3n) is 4.69. The van der Waals surface area contributed by atoms with Crippen LogP contribution in [0.1, 0.15) is 25.7 Å². The van der Waals surface area contributed by atoms with E-state index >= 15 is 0 Å². The third-order valence-corrected chi connectivity index (χ3v) is 5.67. The van der Waals surface area contributed by atoms with Crippen molar-refractivity contribution in [3.63, 3.8) is 0 Å². The van der Waals surface area contributed by atoms with Crippen LogP contribution >= 0.6 is 15.6 Å². The number of aliphatic hydroxyl groups excluding tert-OH is 1. The van der Waals surface area contributed by atoms with Crippen molar-refractivity contribution in [1.82, 2.24) is 15.5 Å². The minimum absolute atomic E-state index is 0.502. The molecule has 1 fully saturated rings. The van der Waals surface area contributed by atoms with Crippen LogP contribution in [0.15, 0.2) is 12.3 Å². The lowest BCUT2D eigenvalue weighted by Gasteiger charge is -2.33. The lowest BCUT2D eigenvalue weighted by atomic mass is 10.1. The summed E-state index contributed by atoms with van der Waals surface area (Å²) in [5.74, 6) is 0. The Bertz CT molecular complexity index is 745. The molecule has 186 valence electrons. The van der Waals surface area contributed by atoms with Crippen molar-refractivity contribution in [2.24, 2.45) is 5.73 Å². The number of urea groups is 1. The Kier molecular flexibility index (Phi) is 10.2. The van der Waals surface area contributed by atoms with E-state index in [1.54, 1.807) is 6.08 Å². The first-order chi connectivity index (χ1) is 14.9. The van der Waals surface area contributed by atoms with Crippen LogP contribution in [0.2, 0.25) is 0 Å². The van der Waals surface area contributed by atoms with Crippen molar-refractivity contribution >= 4 is 21.7 Å². The average molecular weight is 502 g/mol. The van der Waals surface area contributed by atoms with Crippen LogP contribution < -0.4 is 26.2 Å². The molecular weight excluding hydrogens is 474 g/mol. The van der Waals surface area contributed by atoms with E-state index in [1.807, 2.05) is 0 Å². The summed E-state index contributed by atoms with van der Waals surface area (Å²) in [5, 5.41) is 16.1. The largest absolute Gasteiger partial charge is 0.756 e. The number of carbonyl (C=O) groups excluding carboxylic acids is 1. The fourth-order valence-electron chi connectivity index (χ4n) is 3.24. The topological polar surface area (TPSA) is 239 Å². The van der Waals surface area contributed by atoms with E-state index in [2.05, 4.69) is 19.7 Å². The van der Waals surface area contributed by atoms with Gasteiger partial charge in [-0.15, -0.1) is 0 Å². The van der Waals surface area contributed by atoms with Crippen molar-refractivity contribution in [1.29, 1.82) is 0 Å². The molecule has 0 aliphatic carbocycles. The van der Waals surface area contributed by atoms with Crippen LogP contribution in [-0.2, 0) is 22.9 Å². The molecule has 0 bridgehead atoms. The normalized spacial score (nSPS) is 31.9. The highest BCUT2D eigenvalue weighted by Crippen LogP contribution is 2.40. The molecule has 2 amide bonds. The Balaban J connectivity index is 1.99. The predicted molar refractivity (Wildman–Crippen MR) is 104 cm³/mol. The molecule has 2 aliphatic rings. The summed E-state index contributed by atoms with van der Waals surface area (Å²) < 4.78 is 35.9. The van der Waals surface area contributed by atoms with E-state index < -0.39 is 59.0 Å². The number of hydrogen-bond donors (Lipinski definition) is 6. The number of nitrogens with one attached hydrogen (secondary N) is 2. The zero-order chi connectivity index (χ0) is 23.9. The number of ether oxygens (including phenoxy) is 1. The van der Waals surface area contributed by atoms with Gasteiger partial charge in [-0.3, -0.25) is 19.3 Å². The molecule has 0 aromatic rings. The van der Waals surface area contributed by atoms with Crippen LogP contribution in [0.5, 0.6) is 0 Å². The van der Waals surface area contributed by atoms with Gasteiger partial charge in [0.05, 0.1) is 6.61 Å². The fourth-order valence-corrected chi connectivity index (χ4v) is 4.14. The third kappa shape index (κ3) is 8.78. The molecule has 15 nitrogen and oxygen atoms in total. The summed E-state index contributed by atoms with van der Waals surface area (Å²) in [4.78, 5) is 53.0. The molecule has 7 N–H and O–H groups in total. The minimum atomic E-state index is -5.38. The molecule has 2 heterocycles. The summed E-state index contributed by atoms with van der Waals surface area (Å²) in [6.07, 6.45) is -0.548. The molecule has 32 heavy (non-hydrogen) atoms. The van der Waals surface area contributed by atoms with Gasteiger partial charge in [0.25, 0.3) is 15.6 Å². The number of carbonyl (C=O) groups is 1. The molecule has 0 spiro atoms. The van der Waals surface area contributed by atoms with Gasteiger partial charge < -0.3 is 49.5 Å². The molecule has 0 saturated carbocycles. The summed E-state index contributed by atoms with van der Waals surface area (Å²) in [7, 11) is -10.6. The molecule has 7 atom stereocenters. The maximum atomic E-state index is 12.5. The first-order valence-corrected chi connectivity index (χ1v) is 12.8. The molecular formula is C15H28N4O11P2-2. The molecule has 2 aliphatic heterocycles. The van der Waals surface area contributed by atoms with Crippen LogP contribution in [-0.4, -0.2) is 76.2 Å². The lowest BCUT2D eigenvalue weighted by Crippen LogP contribution is -2.56. The van der Waals surface area contributed by atoms with Crippen LogP contribution in [0.25, 0.3) is 0 Å². The summed E-state index contributed by atoms with van der Waals surface area (Å²) in [6.45, 7) is 0.325.